The molecule has 2 heterocycles. The predicted molar refractivity (Wildman–Crippen MR) is 119 cm³/mol. The molecule has 0 atom stereocenters. The van der Waals surface area contributed by atoms with Gasteiger partial charge in [-0.3, -0.25) is 0 Å². The first kappa shape index (κ1) is 18.3. The summed E-state index contributed by atoms with van der Waals surface area (Å²) in [6.07, 6.45) is 0. The Balaban J connectivity index is 1.40. The molecule has 0 saturated heterocycles. The van der Waals surface area contributed by atoms with Crippen LogP contribution in [0.15, 0.2) is 94.4 Å². The molecule has 5 aromatic rings. The molecule has 30 heavy (non-hydrogen) atoms. The monoisotopic (exact) mass is 411 g/mol. The number of aromatic nitrogens is 4. The summed E-state index contributed by atoms with van der Waals surface area (Å²) in [5.74, 6) is 1.02. The lowest BCUT2D eigenvalue weighted by molar-refractivity contribution is 0.531. The average Bonchev–Trinajstić information content (AvgIpc) is 3.25. The maximum Gasteiger partial charge on any atom is 0.320 e. The molecule has 1 N–H and O–H groups in total. The molecule has 7 heteroatoms. The van der Waals surface area contributed by atoms with Crippen LogP contribution in [-0.2, 0) is 5.75 Å². The van der Waals surface area contributed by atoms with Gasteiger partial charge in [0, 0.05) is 11.3 Å². The number of thioether (sulfide) groups is 1. The van der Waals surface area contributed by atoms with E-state index in [9.17, 15) is 0 Å². The molecule has 0 amide bonds. The highest BCUT2D eigenvalue weighted by atomic mass is 32.2. The Morgan fingerprint density at radius 3 is 2.17 bits per heavy atom. The maximum atomic E-state index is 5.74. The Kier molecular flexibility index (Phi) is 5.10. The van der Waals surface area contributed by atoms with E-state index >= 15 is 0 Å². The van der Waals surface area contributed by atoms with Crippen LogP contribution in [-0.4, -0.2) is 20.2 Å². The van der Waals surface area contributed by atoms with E-state index < -0.39 is 0 Å². The lowest BCUT2D eigenvalue weighted by atomic mass is 10.1. The largest absolute Gasteiger partial charge is 0.407 e. The molecule has 5 rings (SSSR count). The number of fused-ring (bicyclic) bond motifs is 1. The summed E-state index contributed by atoms with van der Waals surface area (Å²) in [7, 11) is 0. The minimum atomic E-state index is 0.365. The summed E-state index contributed by atoms with van der Waals surface area (Å²) in [6.45, 7) is 0. The molecule has 0 spiro atoms. The summed E-state index contributed by atoms with van der Waals surface area (Å²) in [6, 6.07) is 28.0. The SMILES string of the molecule is c1ccc(Nc2nnc(CSc3nc4ccccc4nc3-c3ccccc3)o2)cc1. The molecule has 0 saturated carbocycles. The van der Waals surface area contributed by atoms with Crippen molar-refractivity contribution in [3.8, 4) is 11.3 Å². The summed E-state index contributed by atoms with van der Waals surface area (Å²) in [5.41, 5.74) is 4.49. The number of para-hydroxylation sites is 3. The van der Waals surface area contributed by atoms with Gasteiger partial charge in [-0.05, 0) is 24.3 Å². The molecule has 0 radical (unpaired) electrons. The molecule has 6 nitrogen and oxygen atoms in total. The summed E-state index contributed by atoms with van der Waals surface area (Å²) in [5, 5.41) is 12.2. The number of rotatable bonds is 6. The van der Waals surface area contributed by atoms with Crippen molar-refractivity contribution in [3.63, 3.8) is 0 Å². The van der Waals surface area contributed by atoms with Crippen molar-refractivity contribution in [2.75, 3.05) is 5.32 Å². The van der Waals surface area contributed by atoms with E-state index in [1.165, 1.54) is 11.8 Å². The van der Waals surface area contributed by atoms with Crippen LogP contribution in [0.4, 0.5) is 11.7 Å². The van der Waals surface area contributed by atoms with Crippen molar-refractivity contribution >= 4 is 34.5 Å². The van der Waals surface area contributed by atoms with Crippen molar-refractivity contribution in [2.45, 2.75) is 10.8 Å². The third kappa shape index (κ3) is 4.01. The fourth-order valence-corrected chi connectivity index (χ4v) is 3.85. The van der Waals surface area contributed by atoms with Crippen LogP contribution in [0.5, 0.6) is 0 Å². The standard InChI is InChI=1S/C23H17N5OS/c1-3-9-16(10-4-1)21-22(26-19-14-8-7-13-18(19)25-21)30-15-20-27-28-23(29-20)24-17-11-5-2-6-12-17/h1-14H,15H2,(H,24,28). The van der Waals surface area contributed by atoms with Gasteiger partial charge in [-0.25, -0.2) is 9.97 Å². The fraction of sp³-hybridized carbons (Fsp3) is 0.0435. The Hall–Kier alpha value is -3.71. The number of nitrogens with zero attached hydrogens (tertiary/aromatic N) is 4. The van der Waals surface area contributed by atoms with Gasteiger partial charge in [0.05, 0.1) is 16.8 Å². The number of hydrogen-bond donors (Lipinski definition) is 1. The van der Waals surface area contributed by atoms with Gasteiger partial charge < -0.3 is 9.73 Å². The van der Waals surface area contributed by atoms with Crippen molar-refractivity contribution in [1.82, 2.24) is 20.2 Å². The molecule has 0 fully saturated rings. The molecule has 0 bridgehead atoms. The highest BCUT2D eigenvalue weighted by Crippen LogP contribution is 2.32. The molecule has 2 aromatic heterocycles. The van der Waals surface area contributed by atoms with Crippen molar-refractivity contribution in [3.05, 3.63) is 90.8 Å². The van der Waals surface area contributed by atoms with Crippen LogP contribution in [0.25, 0.3) is 22.3 Å². The Morgan fingerprint density at radius 2 is 1.40 bits per heavy atom. The second-order valence-electron chi connectivity index (χ2n) is 6.51. The average molecular weight is 411 g/mol. The van der Waals surface area contributed by atoms with E-state index in [1.807, 2.05) is 84.9 Å². The highest BCUT2D eigenvalue weighted by molar-refractivity contribution is 7.98. The Morgan fingerprint density at radius 1 is 0.733 bits per heavy atom. The summed E-state index contributed by atoms with van der Waals surface area (Å²) >= 11 is 1.53. The minimum Gasteiger partial charge on any atom is -0.407 e. The Labute approximate surface area is 177 Å². The van der Waals surface area contributed by atoms with Crippen LogP contribution in [0, 0.1) is 0 Å². The smallest absolute Gasteiger partial charge is 0.320 e. The van der Waals surface area contributed by atoms with Gasteiger partial charge in [0.2, 0.25) is 5.89 Å². The third-order valence-electron chi connectivity index (χ3n) is 4.41. The molecule has 0 aliphatic rings. The van der Waals surface area contributed by atoms with Crippen LogP contribution in [0.1, 0.15) is 5.89 Å². The van der Waals surface area contributed by atoms with Gasteiger partial charge in [-0.2, -0.15) is 0 Å². The van der Waals surface area contributed by atoms with E-state index in [0.29, 0.717) is 17.7 Å². The quantitative estimate of drug-likeness (QED) is 0.358. The van der Waals surface area contributed by atoms with Gasteiger partial charge in [-0.1, -0.05) is 77.5 Å². The normalized spacial score (nSPS) is 10.9. The number of nitrogens with one attached hydrogen (secondary N) is 1. The molecular formula is C23H17N5OS. The molecule has 0 unspecified atom stereocenters. The highest BCUT2D eigenvalue weighted by Gasteiger charge is 2.14. The Bertz CT molecular complexity index is 1270. The summed E-state index contributed by atoms with van der Waals surface area (Å²) in [4.78, 5) is 9.69. The maximum absolute atomic E-state index is 5.74. The molecular weight excluding hydrogens is 394 g/mol. The lowest BCUT2D eigenvalue weighted by Crippen LogP contribution is -1.94. The van der Waals surface area contributed by atoms with E-state index in [-0.39, 0.29) is 0 Å². The van der Waals surface area contributed by atoms with Gasteiger partial charge in [-0.15, -0.1) is 5.10 Å². The first-order valence-electron chi connectivity index (χ1n) is 9.44. The lowest BCUT2D eigenvalue weighted by Gasteiger charge is -2.09. The zero-order chi connectivity index (χ0) is 20.2. The number of benzene rings is 3. The van der Waals surface area contributed by atoms with Crippen LogP contribution in [0.3, 0.4) is 0 Å². The van der Waals surface area contributed by atoms with Gasteiger partial charge in [0.25, 0.3) is 0 Å². The van der Waals surface area contributed by atoms with E-state index in [4.69, 9.17) is 14.4 Å². The van der Waals surface area contributed by atoms with Gasteiger partial charge in [0.15, 0.2) is 0 Å². The molecule has 0 aliphatic carbocycles. The fourth-order valence-electron chi connectivity index (χ4n) is 3.01. The molecule has 146 valence electrons. The van der Waals surface area contributed by atoms with Crippen LogP contribution in [0.2, 0.25) is 0 Å². The number of anilines is 2. The van der Waals surface area contributed by atoms with E-state index in [1.54, 1.807) is 0 Å². The first-order chi connectivity index (χ1) is 14.8. The third-order valence-corrected chi connectivity index (χ3v) is 5.36. The van der Waals surface area contributed by atoms with Crippen LogP contribution >= 0.6 is 11.8 Å². The molecule has 0 aliphatic heterocycles. The first-order valence-corrected chi connectivity index (χ1v) is 10.4. The van der Waals surface area contributed by atoms with E-state index in [2.05, 4.69) is 15.5 Å². The topological polar surface area (TPSA) is 76.7 Å². The van der Waals surface area contributed by atoms with Crippen molar-refractivity contribution in [2.24, 2.45) is 0 Å². The number of hydrogen-bond acceptors (Lipinski definition) is 7. The zero-order valence-electron chi connectivity index (χ0n) is 15.9. The van der Waals surface area contributed by atoms with Gasteiger partial charge in [0.1, 0.15) is 10.7 Å². The predicted octanol–water partition coefficient (Wildman–Crippen LogP) is 5.72. The van der Waals surface area contributed by atoms with Crippen molar-refractivity contribution < 1.29 is 4.42 Å². The second kappa shape index (κ2) is 8.34. The van der Waals surface area contributed by atoms with Gasteiger partial charge >= 0.3 is 6.01 Å². The molecule has 3 aromatic carbocycles. The minimum absolute atomic E-state index is 0.365. The van der Waals surface area contributed by atoms with E-state index in [0.717, 1.165) is 33.0 Å². The van der Waals surface area contributed by atoms with Crippen molar-refractivity contribution in [1.29, 1.82) is 0 Å². The second-order valence-corrected chi connectivity index (χ2v) is 7.48. The zero-order valence-corrected chi connectivity index (χ0v) is 16.7. The van der Waals surface area contributed by atoms with Crippen LogP contribution < -0.4 is 5.32 Å². The summed E-state index contributed by atoms with van der Waals surface area (Å²) < 4.78 is 5.74.